The summed E-state index contributed by atoms with van der Waals surface area (Å²) in [5.41, 5.74) is 3.00. The van der Waals surface area contributed by atoms with Crippen molar-refractivity contribution < 1.29 is 4.79 Å². The molecular weight excluding hydrogens is 340 g/mol. The Hall–Kier alpha value is -3.48. The number of benzene rings is 1. The normalized spacial score (nSPS) is 10.9. The fraction of sp³-hybridized carbons (Fsp3) is 0.200. The Morgan fingerprint density at radius 1 is 1.11 bits per heavy atom. The topological polar surface area (TPSA) is 84.7 Å². The van der Waals surface area contributed by atoms with E-state index in [4.69, 9.17) is 0 Å². The van der Waals surface area contributed by atoms with E-state index in [2.05, 4.69) is 25.6 Å². The first-order chi connectivity index (χ1) is 13.1. The Labute approximate surface area is 158 Å². The van der Waals surface area contributed by atoms with Gasteiger partial charge in [-0.1, -0.05) is 30.3 Å². The molecule has 0 atom stereocenters. The zero-order valence-corrected chi connectivity index (χ0v) is 15.4. The van der Waals surface area contributed by atoms with Crippen molar-refractivity contribution in [3.05, 3.63) is 72.1 Å². The molecular formula is C20H22N6O. The molecule has 0 radical (unpaired) electrons. The molecule has 7 heteroatoms. The van der Waals surface area contributed by atoms with E-state index in [9.17, 15) is 4.79 Å². The summed E-state index contributed by atoms with van der Waals surface area (Å²) in [5, 5.41) is 6.02. The van der Waals surface area contributed by atoms with Crippen molar-refractivity contribution in [2.24, 2.45) is 0 Å². The van der Waals surface area contributed by atoms with Crippen molar-refractivity contribution in [1.29, 1.82) is 0 Å². The summed E-state index contributed by atoms with van der Waals surface area (Å²) in [6.45, 7) is 5.00. The minimum Gasteiger partial charge on any atom is -0.368 e. The van der Waals surface area contributed by atoms with Gasteiger partial charge in [-0.05, 0) is 25.5 Å². The fourth-order valence-electron chi connectivity index (χ4n) is 2.48. The lowest BCUT2D eigenvalue weighted by atomic mass is 10.2. The van der Waals surface area contributed by atoms with Crippen molar-refractivity contribution in [2.45, 2.75) is 13.8 Å². The monoisotopic (exact) mass is 362 g/mol. The standard InChI is InChI=1S/C20H22N6O/c1-15-16(2)26(14-25-15)19-12-18(23-13-24-19)21-10-11-22-20(27)9-8-17-6-4-3-5-7-17/h3-9,12-14H,10-11H2,1-2H3,(H,22,27)(H,21,23,24)/b9-8+. The van der Waals surface area contributed by atoms with Gasteiger partial charge in [0.15, 0.2) is 0 Å². The van der Waals surface area contributed by atoms with E-state index in [-0.39, 0.29) is 5.91 Å². The molecule has 0 aliphatic carbocycles. The summed E-state index contributed by atoms with van der Waals surface area (Å²) in [4.78, 5) is 24.6. The average molecular weight is 362 g/mol. The van der Waals surface area contributed by atoms with Crippen LogP contribution in [0.1, 0.15) is 17.0 Å². The second-order valence-electron chi connectivity index (χ2n) is 6.01. The van der Waals surface area contributed by atoms with Crippen LogP contribution in [0.5, 0.6) is 0 Å². The van der Waals surface area contributed by atoms with Crippen LogP contribution in [-0.2, 0) is 4.79 Å². The van der Waals surface area contributed by atoms with Crippen LogP contribution in [0.2, 0.25) is 0 Å². The summed E-state index contributed by atoms with van der Waals surface area (Å²) in [6, 6.07) is 11.6. The average Bonchev–Trinajstić information content (AvgIpc) is 3.03. The molecule has 27 heavy (non-hydrogen) atoms. The molecule has 1 aromatic carbocycles. The van der Waals surface area contributed by atoms with Gasteiger partial charge in [-0.2, -0.15) is 0 Å². The van der Waals surface area contributed by atoms with E-state index in [0.717, 1.165) is 22.8 Å². The number of aryl methyl sites for hydroxylation is 1. The Bertz CT molecular complexity index is 933. The molecule has 2 N–H and O–H groups in total. The van der Waals surface area contributed by atoms with Crippen molar-refractivity contribution in [3.63, 3.8) is 0 Å². The van der Waals surface area contributed by atoms with E-state index in [1.807, 2.05) is 54.8 Å². The van der Waals surface area contributed by atoms with Gasteiger partial charge in [0.25, 0.3) is 0 Å². The molecule has 2 aromatic heterocycles. The van der Waals surface area contributed by atoms with Crippen LogP contribution >= 0.6 is 0 Å². The Morgan fingerprint density at radius 2 is 1.93 bits per heavy atom. The SMILES string of the molecule is Cc1ncn(-c2cc(NCCNC(=O)/C=C/c3ccccc3)ncn2)c1C. The van der Waals surface area contributed by atoms with Gasteiger partial charge >= 0.3 is 0 Å². The molecule has 0 unspecified atom stereocenters. The molecule has 3 rings (SSSR count). The predicted molar refractivity (Wildman–Crippen MR) is 106 cm³/mol. The number of rotatable bonds is 7. The highest BCUT2D eigenvalue weighted by Gasteiger charge is 2.06. The van der Waals surface area contributed by atoms with E-state index >= 15 is 0 Å². The van der Waals surface area contributed by atoms with Gasteiger partial charge in [-0.3, -0.25) is 9.36 Å². The number of nitrogens with one attached hydrogen (secondary N) is 2. The Balaban J connectivity index is 1.48. The summed E-state index contributed by atoms with van der Waals surface area (Å²) in [7, 11) is 0. The molecule has 0 spiro atoms. The summed E-state index contributed by atoms with van der Waals surface area (Å²) >= 11 is 0. The van der Waals surface area contributed by atoms with Crippen LogP contribution < -0.4 is 10.6 Å². The lowest BCUT2D eigenvalue weighted by Crippen LogP contribution is -2.27. The second kappa shape index (κ2) is 8.75. The highest BCUT2D eigenvalue weighted by atomic mass is 16.1. The first kappa shape index (κ1) is 18.3. The molecule has 0 aliphatic rings. The summed E-state index contributed by atoms with van der Waals surface area (Å²) < 4.78 is 1.92. The molecule has 0 aliphatic heterocycles. The maximum Gasteiger partial charge on any atom is 0.244 e. The summed E-state index contributed by atoms with van der Waals surface area (Å²) in [5.74, 6) is 1.31. The van der Waals surface area contributed by atoms with Gasteiger partial charge in [-0.15, -0.1) is 0 Å². The van der Waals surface area contributed by atoms with E-state index in [1.54, 1.807) is 12.4 Å². The molecule has 3 aromatic rings. The number of hydrogen-bond acceptors (Lipinski definition) is 5. The van der Waals surface area contributed by atoms with Crippen molar-refractivity contribution in [1.82, 2.24) is 24.8 Å². The number of carbonyl (C=O) groups is 1. The largest absolute Gasteiger partial charge is 0.368 e. The fourth-order valence-corrected chi connectivity index (χ4v) is 2.48. The van der Waals surface area contributed by atoms with E-state index in [1.165, 1.54) is 12.4 Å². The third-order valence-electron chi connectivity index (χ3n) is 4.11. The van der Waals surface area contributed by atoms with Crippen LogP contribution in [0.3, 0.4) is 0 Å². The number of nitrogens with zero attached hydrogens (tertiary/aromatic N) is 4. The van der Waals surface area contributed by atoms with Gasteiger partial charge in [-0.25, -0.2) is 15.0 Å². The van der Waals surface area contributed by atoms with Crippen LogP contribution in [0, 0.1) is 13.8 Å². The maximum atomic E-state index is 11.8. The molecule has 138 valence electrons. The first-order valence-electron chi connectivity index (χ1n) is 8.71. The number of anilines is 1. The molecule has 2 heterocycles. The lowest BCUT2D eigenvalue weighted by molar-refractivity contribution is -0.116. The van der Waals surface area contributed by atoms with E-state index in [0.29, 0.717) is 18.9 Å². The van der Waals surface area contributed by atoms with Crippen molar-refractivity contribution >= 4 is 17.8 Å². The van der Waals surface area contributed by atoms with Crippen LogP contribution in [-0.4, -0.2) is 38.5 Å². The van der Waals surface area contributed by atoms with Gasteiger partial charge in [0.05, 0.1) is 5.69 Å². The van der Waals surface area contributed by atoms with Crippen molar-refractivity contribution in [2.75, 3.05) is 18.4 Å². The minimum absolute atomic E-state index is 0.131. The second-order valence-corrected chi connectivity index (χ2v) is 6.01. The zero-order valence-electron chi connectivity index (χ0n) is 15.4. The molecule has 7 nitrogen and oxygen atoms in total. The molecule has 1 amide bonds. The smallest absolute Gasteiger partial charge is 0.244 e. The molecule has 0 saturated carbocycles. The first-order valence-corrected chi connectivity index (χ1v) is 8.71. The van der Waals surface area contributed by atoms with Crippen LogP contribution in [0.25, 0.3) is 11.9 Å². The molecule has 0 fully saturated rings. The number of amides is 1. The number of carbonyl (C=O) groups excluding carboxylic acids is 1. The highest BCUT2D eigenvalue weighted by Crippen LogP contribution is 2.13. The van der Waals surface area contributed by atoms with E-state index < -0.39 is 0 Å². The third kappa shape index (κ3) is 5.01. The van der Waals surface area contributed by atoms with Gasteiger partial charge in [0, 0.05) is 30.9 Å². The van der Waals surface area contributed by atoms with Crippen LogP contribution in [0.4, 0.5) is 5.82 Å². The highest BCUT2D eigenvalue weighted by molar-refractivity contribution is 5.91. The van der Waals surface area contributed by atoms with Crippen molar-refractivity contribution in [3.8, 4) is 5.82 Å². The van der Waals surface area contributed by atoms with Gasteiger partial charge in [0.1, 0.15) is 24.3 Å². The zero-order chi connectivity index (χ0) is 19.1. The third-order valence-corrected chi connectivity index (χ3v) is 4.11. The quantitative estimate of drug-likeness (QED) is 0.498. The maximum absolute atomic E-state index is 11.8. The summed E-state index contributed by atoms with van der Waals surface area (Å²) in [6.07, 6.45) is 6.57. The number of hydrogen-bond donors (Lipinski definition) is 2. The Morgan fingerprint density at radius 3 is 2.67 bits per heavy atom. The number of aromatic nitrogens is 4. The van der Waals surface area contributed by atoms with Crippen LogP contribution in [0.15, 0.2) is 55.1 Å². The number of imidazole rings is 1. The molecule has 0 bridgehead atoms. The Kier molecular flexibility index (Phi) is 5.94. The predicted octanol–water partition coefficient (Wildman–Crippen LogP) is 2.52. The lowest BCUT2D eigenvalue weighted by Gasteiger charge is -2.08. The molecule has 0 saturated heterocycles. The van der Waals surface area contributed by atoms with Gasteiger partial charge in [0.2, 0.25) is 5.91 Å². The minimum atomic E-state index is -0.131. The van der Waals surface area contributed by atoms with Gasteiger partial charge < -0.3 is 10.6 Å².